The van der Waals surface area contributed by atoms with E-state index < -0.39 is 0 Å². The molecule has 0 fully saturated rings. The molecule has 0 saturated carbocycles. The van der Waals surface area contributed by atoms with Crippen molar-refractivity contribution in [2.24, 2.45) is 11.7 Å². The molecule has 1 rings (SSSR count). The Morgan fingerprint density at radius 3 is 2.65 bits per heavy atom. The average Bonchev–Trinajstić information content (AvgIpc) is 2.44. The monoisotopic (exact) mass is 302 g/mol. The predicted molar refractivity (Wildman–Crippen MR) is 82.0 cm³/mol. The Morgan fingerprint density at radius 1 is 1.40 bits per heavy atom. The first-order chi connectivity index (χ1) is 9.12. The standard InChI is InChI=1S/C14H22N2O3.ClH/c1-4-19-12-6-5-11(7-13(12)18-3)14(17)16-9-10(2)8-15;/h5-7,10H,4,8-9,15H2,1-3H3,(H,16,17);1H. The molecule has 0 radical (unpaired) electrons. The number of benzene rings is 1. The summed E-state index contributed by atoms with van der Waals surface area (Å²) in [7, 11) is 1.55. The molecule has 0 aliphatic heterocycles. The maximum absolute atomic E-state index is 12.0. The van der Waals surface area contributed by atoms with Crippen LogP contribution in [-0.2, 0) is 0 Å². The average molecular weight is 303 g/mol. The third-order valence-corrected chi connectivity index (χ3v) is 2.74. The number of nitrogens with two attached hydrogens (primary N) is 1. The molecule has 0 aromatic heterocycles. The zero-order valence-corrected chi connectivity index (χ0v) is 13.0. The Hall–Kier alpha value is -1.46. The lowest BCUT2D eigenvalue weighted by Crippen LogP contribution is -2.31. The second kappa shape index (κ2) is 9.44. The molecule has 0 saturated heterocycles. The van der Waals surface area contributed by atoms with Crippen LogP contribution in [0.1, 0.15) is 24.2 Å². The maximum Gasteiger partial charge on any atom is 0.251 e. The van der Waals surface area contributed by atoms with E-state index in [9.17, 15) is 4.79 Å². The van der Waals surface area contributed by atoms with Gasteiger partial charge in [0.05, 0.1) is 13.7 Å². The summed E-state index contributed by atoms with van der Waals surface area (Å²) in [5.74, 6) is 1.31. The topological polar surface area (TPSA) is 73.6 Å². The molecule has 0 heterocycles. The number of amides is 1. The van der Waals surface area contributed by atoms with E-state index in [0.29, 0.717) is 36.8 Å². The Kier molecular flexibility index (Phi) is 8.76. The van der Waals surface area contributed by atoms with E-state index in [-0.39, 0.29) is 24.2 Å². The predicted octanol–water partition coefficient (Wildman–Crippen LogP) is 1.84. The molecule has 1 aromatic carbocycles. The number of hydrogen-bond donors (Lipinski definition) is 2. The van der Waals surface area contributed by atoms with Crippen molar-refractivity contribution in [3.8, 4) is 11.5 Å². The van der Waals surface area contributed by atoms with Gasteiger partial charge in [0.25, 0.3) is 5.91 Å². The van der Waals surface area contributed by atoms with E-state index in [4.69, 9.17) is 15.2 Å². The molecule has 1 amide bonds. The van der Waals surface area contributed by atoms with Gasteiger partial charge in [-0.25, -0.2) is 0 Å². The minimum absolute atomic E-state index is 0. The second-order valence-electron chi connectivity index (χ2n) is 4.35. The summed E-state index contributed by atoms with van der Waals surface area (Å²) >= 11 is 0. The lowest BCUT2D eigenvalue weighted by Gasteiger charge is -2.12. The minimum atomic E-state index is -0.137. The van der Waals surface area contributed by atoms with E-state index in [1.165, 1.54) is 0 Å². The van der Waals surface area contributed by atoms with Crippen LogP contribution in [-0.4, -0.2) is 32.7 Å². The molecule has 0 aliphatic rings. The number of hydrogen-bond acceptors (Lipinski definition) is 4. The first-order valence-corrected chi connectivity index (χ1v) is 6.41. The summed E-state index contributed by atoms with van der Waals surface area (Å²) in [6.07, 6.45) is 0. The van der Waals surface area contributed by atoms with Crippen molar-refractivity contribution in [1.29, 1.82) is 0 Å². The van der Waals surface area contributed by atoms with Crippen LogP contribution >= 0.6 is 12.4 Å². The van der Waals surface area contributed by atoms with Crippen LogP contribution in [0.15, 0.2) is 18.2 Å². The van der Waals surface area contributed by atoms with E-state index in [1.54, 1.807) is 25.3 Å². The zero-order chi connectivity index (χ0) is 14.3. The molecule has 20 heavy (non-hydrogen) atoms. The molecule has 6 heteroatoms. The van der Waals surface area contributed by atoms with Gasteiger partial charge in [-0.1, -0.05) is 6.92 Å². The molecular formula is C14H23ClN2O3. The first kappa shape index (κ1) is 18.5. The van der Waals surface area contributed by atoms with Crippen molar-refractivity contribution in [2.75, 3.05) is 26.8 Å². The van der Waals surface area contributed by atoms with Gasteiger partial charge in [-0.05, 0) is 37.6 Å². The van der Waals surface area contributed by atoms with Gasteiger partial charge in [-0.2, -0.15) is 0 Å². The summed E-state index contributed by atoms with van der Waals surface area (Å²) in [6, 6.07) is 5.13. The van der Waals surface area contributed by atoms with Crippen LogP contribution in [0.25, 0.3) is 0 Å². The largest absolute Gasteiger partial charge is 0.493 e. The van der Waals surface area contributed by atoms with Gasteiger partial charge in [0, 0.05) is 12.1 Å². The smallest absolute Gasteiger partial charge is 0.251 e. The van der Waals surface area contributed by atoms with E-state index in [2.05, 4.69) is 5.32 Å². The number of carbonyl (C=O) groups excluding carboxylic acids is 1. The number of halogens is 1. The summed E-state index contributed by atoms with van der Waals surface area (Å²) in [5, 5.41) is 2.84. The Balaban J connectivity index is 0.00000361. The highest BCUT2D eigenvalue weighted by Crippen LogP contribution is 2.27. The van der Waals surface area contributed by atoms with Crippen LogP contribution < -0.4 is 20.5 Å². The van der Waals surface area contributed by atoms with E-state index in [0.717, 1.165) is 0 Å². The van der Waals surface area contributed by atoms with E-state index >= 15 is 0 Å². The van der Waals surface area contributed by atoms with Crippen LogP contribution in [0, 0.1) is 5.92 Å². The molecule has 0 spiro atoms. The van der Waals surface area contributed by atoms with Gasteiger partial charge >= 0.3 is 0 Å². The van der Waals surface area contributed by atoms with Crippen molar-refractivity contribution in [2.45, 2.75) is 13.8 Å². The van der Waals surface area contributed by atoms with Crippen molar-refractivity contribution in [3.05, 3.63) is 23.8 Å². The number of carbonyl (C=O) groups is 1. The minimum Gasteiger partial charge on any atom is -0.493 e. The molecule has 1 unspecified atom stereocenters. The molecule has 0 aliphatic carbocycles. The third kappa shape index (κ3) is 5.27. The van der Waals surface area contributed by atoms with Crippen LogP contribution in [0.3, 0.4) is 0 Å². The third-order valence-electron chi connectivity index (χ3n) is 2.74. The molecule has 0 bridgehead atoms. The fourth-order valence-corrected chi connectivity index (χ4v) is 1.54. The van der Waals surface area contributed by atoms with Crippen LogP contribution in [0.4, 0.5) is 0 Å². The lowest BCUT2D eigenvalue weighted by molar-refractivity contribution is 0.0948. The Labute approximate surface area is 126 Å². The van der Waals surface area contributed by atoms with E-state index in [1.807, 2.05) is 13.8 Å². The maximum atomic E-state index is 12.0. The van der Waals surface area contributed by atoms with Crippen molar-refractivity contribution >= 4 is 18.3 Å². The highest BCUT2D eigenvalue weighted by Gasteiger charge is 2.11. The molecule has 5 nitrogen and oxygen atoms in total. The van der Waals surface area contributed by atoms with Crippen LogP contribution in [0.5, 0.6) is 11.5 Å². The summed E-state index contributed by atoms with van der Waals surface area (Å²) in [5.41, 5.74) is 6.05. The molecule has 3 N–H and O–H groups in total. The fraction of sp³-hybridized carbons (Fsp3) is 0.500. The fourth-order valence-electron chi connectivity index (χ4n) is 1.54. The van der Waals surface area contributed by atoms with Gasteiger partial charge in [0.15, 0.2) is 11.5 Å². The quantitative estimate of drug-likeness (QED) is 0.806. The summed E-state index contributed by atoms with van der Waals surface area (Å²) < 4.78 is 10.6. The number of ether oxygens (including phenoxy) is 2. The normalized spacial score (nSPS) is 11.2. The van der Waals surface area contributed by atoms with Crippen molar-refractivity contribution < 1.29 is 14.3 Å². The van der Waals surface area contributed by atoms with Crippen molar-refractivity contribution in [3.63, 3.8) is 0 Å². The highest BCUT2D eigenvalue weighted by molar-refractivity contribution is 5.94. The summed E-state index contributed by atoms with van der Waals surface area (Å²) in [6.45, 7) is 5.54. The summed E-state index contributed by atoms with van der Waals surface area (Å²) in [4.78, 5) is 12.0. The molecular weight excluding hydrogens is 280 g/mol. The molecule has 1 aromatic rings. The Morgan fingerprint density at radius 2 is 2.10 bits per heavy atom. The van der Waals surface area contributed by atoms with Gasteiger partial charge in [0.2, 0.25) is 0 Å². The molecule has 114 valence electrons. The number of rotatable bonds is 7. The first-order valence-electron chi connectivity index (χ1n) is 6.41. The lowest BCUT2D eigenvalue weighted by atomic mass is 10.1. The zero-order valence-electron chi connectivity index (χ0n) is 12.1. The van der Waals surface area contributed by atoms with Crippen LogP contribution in [0.2, 0.25) is 0 Å². The van der Waals surface area contributed by atoms with Gasteiger partial charge in [-0.15, -0.1) is 12.4 Å². The highest BCUT2D eigenvalue weighted by atomic mass is 35.5. The number of nitrogens with one attached hydrogen (secondary N) is 1. The van der Waals surface area contributed by atoms with Gasteiger partial charge in [-0.3, -0.25) is 4.79 Å². The molecule has 1 atom stereocenters. The second-order valence-corrected chi connectivity index (χ2v) is 4.35. The van der Waals surface area contributed by atoms with Crippen molar-refractivity contribution in [1.82, 2.24) is 5.32 Å². The SMILES string of the molecule is CCOc1ccc(C(=O)NCC(C)CN)cc1OC.Cl. The Bertz CT molecular complexity index is 427. The number of methoxy groups -OCH3 is 1. The van der Waals surface area contributed by atoms with Gasteiger partial charge < -0.3 is 20.5 Å². The van der Waals surface area contributed by atoms with Gasteiger partial charge in [0.1, 0.15) is 0 Å².